The molecule has 118 valence electrons. The summed E-state index contributed by atoms with van der Waals surface area (Å²) >= 11 is 0. The van der Waals surface area contributed by atoms with Gasteiger partial charge in [-0.2, -0.15) is 0 Å². The molecule has 1 aromatic rings. The van der Waals surface area contributed by atoms with E-state index >= 15 is 0 Å². The van der Waals surface area contributed by atoms with Gasteiger partial charge in [-0.1, -0.05) is 6.92 Å². The van der Waals surface area contributed by atoms with Crippen molar-refractivity contribution in [2.45, 2.75) is 31.2 Å². The standard InChI is InChI=1S/C13H19FN2O4S/c1-4-10(7-20-3)16-13(17)11-5-9(14)6-12(8(11)2)21(15,18)19/h5-6,10H,4,7H2,1-3H3,(H,16,17)(H2,15,18,19). The number of primary sulfonamides is 1. The summed E-state index contributed by atoms with van der Waals surface area (Å²) in [4.78, 5) is 11.8. The molecule has 0 aliphatic rings. The summed E-state index contributed by atoms with van der Waals surface area (Å²) in [5.74, 6) is -1.41. The average Bonchev–Trinajstić information content (AvgIpc) is 2.39. The van der Waals surface area contributed by atoms with Crippen LogP contribution in [0.2, 0.25) is 0 Å². The van der Waals surface area contributed by atoms with Gasteiger partial charge in [0.2, 0.25) is 10.0 Å². The van der Waals surface area contributed by atoms with Crippen LogP contribution in [0.15, 0.2) is 17.0 Å². The van der Waals surface area contributed by atoms with E-state index in [1.54, 1.807) is 0 Å². The van der Waals surface area contributed by atoms with E-state index in [0.29, 0.717) is 13.0 Å². The molecule has 0 heterocycles. The molecule has 0 saturated carbocycles. The molecule has 3 N–H and O–H groups in total. The van der Waals surface area contributed by atoms with Crippen LogP contribution in [0.25, 0.3) is 0 Å². The van der Waals surface area contributed by atoms with Crippen molar-refractivity contribution in [1.29, 1.82) is 0 Å². The zero-order chi connectivity index (χ0) is 16.2. The van der Waals surface area contributed by atoms with E-state index in [1.807, 2.05) is 6.92 Å². The van der Waals surface area contributed by atoms with Crippen molar-refractivity contribution in [3.8, 4) is 0 Å². The zero-order valence-electron chi connectivity index (χ0n) is 12.1. The number of hydrogen-bond donors (Lipinski definition) is 2. The number of nitrogens with one attached hydrogen (secondary N) is 1. The Morgan fingerprint density at radius 2 is 2.10 bits per heavy atom. The Balaban J connectivity index is 3.19. The number of carbonyl (C=O) groups excluding carboxylic acids is 1. The van der Waals surface area contributed by atoms with Crippen molar-refractivity contribution in [3.63, 3.8) is 0 Å². The fourth-order valence-corrected chi connectivity index (χ4v) is 2.72. The number of methoxy groups -OCH3 is 1. The van der Waals surface area contributed by atoms with Crippen molar-refractivity contribution < 1.29 is 22.3 Å². The Bertz CT molecular complexity index is 631. The van der Waals surface area contributed by atoms with Crippen molar-refractivity contribution >= 4 is 15.9 Å². The van der Waals surface area contributed by atoms with Gasteiger partial charge in [0.25, 0.3) is 5.91 Å². The summed E-state index contributed by atoms with van der Waals surface area (Å²) in [5.41, 5.74) is 0.0530. The number of sulfonamides is 1. The molecule has 0 aliphatic carbocycles. The Kier molecular flexibility index (Phi) is 5.82. The summed E-state index contributed by atoms with van der Waals surface area (Å²) in [6.45, 7) is 3.57. The monoisotopic (exact) mass is 318 g/mol. The number of amides is 1. The quantitative estimate of drug-likeness (QED) is 0.815. The maximum absolute atomic E-state index is 13.5. The number of benzene rings is 1. The number of rotatable bonds is 6. The number of halogens is 1. The van der Waals surface area contributed by atoms with Crippen molar-refractivity contribution in [1.82, 2.24) is 5.32 Å². The second-order valence-corrected chi connectivity index (χ2v) is 6.19. The van der Waals surface area contributed by atoms with Gasteiger partial charge in [0.15, 0.2) is 0 Å². The Morgan fingerprint density at radius 1 is 1.48 bits per heavy atom. The maximum Gasteiger partial charge on any atom is 0.251 e. The molecular weight excluding hydrogens is 299 g/mol. The minimum absolute atomic E-state index is 0.0615. The van der Waals surface area contributed by atoms with Gasteiger partial charge >= 0.3 is 0 Å². The fraction of sp³-hybridized carbons (Fsp3) is 0.462. The molecule has 21 heavy (non-hydrogen) atoms. The van der Waals surface area contributed by atoms with Crippen LogP contribution in [0.5, 0.6) is 0 Å². The second-order valence-electron chi connectivity index (χ2n) is 4.66. The Morgan fingerprint density at radius 3 is 2.57 bits per heavy atom. The van der Waals surface area contributed by atoms with Crippen molar-refractivity contribution in [2.24, 2.45) is 5.14 Å². The molecule has 1 aromatic carbocycles. The lowest BCUT2D eigenvalue weighted by atomic mass is 10.1. The van der Waals surface area contributed by atoms with Crippen LogP contribution in [0.4, 0.5) is 4.39 Å². The molecule has 8 heteroatoms. The fourth-order valence-electron chi connectivity index (χ4n) is 1.91. The van der Waals surface area contributed by atoms with Gasteiger partial charge in [0.05, 0.1) is 17.5 Å². The van der Waals surface area contributed by atoms with Gasteiger partial charge < -0.3 is 10.1 Å². The molecule has 0 aromatic heterocycles. The molecule has 0 aliphatic heterocycles. The van der Waals surface area contributed by atoms with Gasteiger partial charge in [0, 0.05) is 12.7 Å². The highest BCUT2D eigenvalue weighted by molar-refractivity contribution is 7.89. The van der Waals surface area contributed by atoms with Crippen LogP contribution in [0.1, 0.15) is 29.3 Å². The minimum Gasteiger partial charge on any atom is -0.383 e. The molecule has 0 saturated heterocycles. The van der Waals surface area contributed by atoms with Gasteiger partial charge in [-0.15, -0.1) is 0 Å². The first-order valence-electron chi connectivity index (χ1n) is 6.33. The van der Waals surface area contributed by atoms with E-state index in [4.69, 9.17) is 9.88 Å². The maximum atomic E-state index is 13.5. The van der Waals surface area contributed by atoms with Crippen LogP contribution < -0.4 is 10.5 Å². The predicted molar refractivity (Wildman–Crippen MR) is 75.9 cm³/mol. The van der Waals surface area contributed by atoms with Crippen LogP contribution in [-0.2, 0) is 14.8 Å². The lowest BCUT2D eigenvalue weighted by Gasteiger charge is -2.17. The highest BCUT2D eigenvalue weighted by atomic mass is 32.2. The first kappa shape index (κ1) is 17.5. The summed E-state index contributed by atoms with van der Waals surface area (Å²) in [7, 11) is -2.60. The molecular formula is C13H19FN2O4S. The zero-order valence-corrected chi connectivity index (χ0v) is 13.0. The van der Waals surface area contributed by atoms with Gasteiger partial charge in [-0.05, 0) is 31.0 Å². The first-order chi connectivity index (χ1) is 9.70. The molecule has 1 amide bonds. The third-order valence-corrected chi connectivity index (χ3v) is 4.11. The van der Waals surface area contributed by atoms with Gasteiger partial charge in [-0.3, -0.25) is 4.79 Å². The summed E-state index contributed by atoms with van der Waals surface area (Å²) in [6.07, 6.45) is 0.621. The SMILES string of the molecule is CCC(COC)NC(=O)c1cc(F)cc(S(N)(=O)=O)c1C. The number of nitrogens with two attached hydrogens (primary N) is 1. The molecule has 0 spiro atoms. The van der Waals surface area contributed by atoms with Crippen LogP contribution in [0, 0.1) is 12.7 Å². The summed E-state index contributed by atoms with van der Waals surface area (Å²) in [6, 6.07) is 1.54. The van der Waals surface area contributed by atoms with Crippen LogP contribution in [0.3, 0.4) is 0 Å². The smallest absolute Gasteiger partial charge is 0.251 e. The Hall–Kier alpha value is -1.51. The third kappa shape index (κ3) is 4.48. The lowest BCUT2D eigenvalue weighted by molar-refractivity contribution is 0.0893. The predicted octanol–water partition coefficient (Wildman–Crippen LogP) is 0.936. The van der Waals surface area contributed by atoms with Crippen molar-refractivity contribution in [2.75, 3.05) is 13.7 Å². The van der Waals surface area contributed by atoms with Crippen LogP contribution in [-0.4, -0.2) is 34.1 Å². The van der Waals surface area contributed by atoms with E-state index < -0.39 is 26.6 Å². The highest BCUT2D eigenvalue weighted by Gasteiger charge is 2.21. The molecule has 1 unspecified atom stereocenters. The van der Waals surface area contributed by atoms with Gasteiger partial charge in [-0.25, -0.2) is 17.9 Å². The van der Waals surface area contributed by atoms with E-state index in [9.17, 15) is 17.6 Å². The van der Waals surface area contributed by atoms with E-state index in [2.05, 4.69) is 5.32 Å². The molecule has 6 nitrogen and oxygen atoms in total. The van der Waals surface area contributed by atoms with E-state index in [0.717, 1.165) is 12.1 Å². The average molecular weight is 318 g/mol. The van der Waals surface area contributed by atoms with Gasteiger partial charge in [0.1, 0.15) is 5.82 Å². The third-order valence-electron chi connectivity index (χ3n) is 3.07. The van der Waals surface area contributed by atoms with E-state index in [1.165, 1.54) is 14.0 Å². The Labute approximate surface area is 123 Å². The van der Waals surface area contributed by atoms with E-state index in [-0.39, 0.29) is 17.2 Å². The molecule has 0 radical (unpaired) electrons. The minimum atomic E-state index is -4.10. The normalized spacial score (nSPS) is 13.0. The topological polar surface area (TPSA) is 98.5 Å². The molecule has 1 atom stereocenters. The summed E-state index contributed by atoms with van der Waals surface area (Å²) < 4.78 is 41.3. The van der Waals surface area contributed by atoms with Crippen molar-refractivity contribution in [3.05, 3.63) is 29.1 Å². The molecule has 1 rings (SSSR count). The number of ether oxygens (including phenoxy) is 1. The lowest BCUT2D eigenvalue weighted by Crippen LogP contribution is -2.38. The van der Waals surface area contributed by atoms with Crippen LogP contribution >= 0.6 is 0 Å². The largest absolute Gasteiger partial charge is 0.383 e. The molecule has 0 bridgehead atoms. The number of hydrogen-bond acceptors (Lipinski definition) is 4. The highest BCUT2D eigenvalue weighted by Crippen LogP contribution is 2.20. The molecule has 0 fully saturated rings. The second kappa shape index (κ2) is 6.97. The first-order valence-corrected chi connectivity index (χ1v) is 7.88. The number of carbonyl (C=O) groups is 1. The summed E-state index contributed by atoms with van der Waals surface area (Å²) in [5, 5.41) is 7.69.